The van der Waals surface area contributed by atoms with Crippen molar-refractivity contribution in [1.82, 2.24) is 5.32 Å². The Morgan fingerprint density at radius 2 is 2.00 bits per heavy atom. The van der Waals surface area contributed by atoms with E-state index in [2.05, 4.69) is 5.32 Å². The largest absolute Gasteiger partial charge is 0.370 e. The van der Waals surface area contributed by atoms with Crippen LogP contribution in [0.5, 0.6) is 0 Å². The molecule has 1 unspecified atom stereocenters. The second-order valence-electron chi connectivity index (χ2n) is 6.12. The van der Waals surface area contributed by atoms with Crippen LogP contribution in [0.25, 0.3) is 0 Å². The van der Waals surface area contributed by atoms with Crippen molar-refractivity contribution in [3.63, 3.8) is 0 Å². The van der Waals surface area contributed by atoms with Crippen LogP contribution in [0.1, 0.15) is 24.2 Å². The first-order valence-corrected chi connectivity index (χ1v) is 8.11. The second kappa shape index (κ2) is 6.28. The van der Waals surface area contributed by atoms with Crippen LogP contribution in [-0.4, -0.2) is 50.8 Å². The van der Waals surface area contributed by atoms with Crippen molar-refractivity contribution in [2.45, 2.75) is 13.8 Å². The molecule has 0 aliphatic carbocycles. The zero-order chi connectivity index (χ0) is 16.6. The molecule has 0 bridgehead atoms. The average molecular weight is 319 g/mol. The lowest BCUT2D eigenvalue weighted by molar-refractivity contribution is -0.119. The summed E-state index contributed by atoms with van der Waals surface area (Å²) in [6.45, 7) is 7.58. The number of carbonyl (C=O) groups is 2. The molecule has 1 saturated heterocycles. The SMILES string of the molecule is CCN1CC(C(C)=O)C(=O)c2cc(F)c(N3CCNCC3)cc21. The molecule has 1 aromatic carbocycles. The minimum absolute atomic E-state index is 0.161. The zero-order valence-corrected chi connectivity index (χ0v) is 13.6. The van der Waals surface area contributed by atoms with E-state index in [1.165, 1.54) is 13.0 Å². The molecule has 0 amide bonds. The number of carbonyl (C=O) groups excluding carboxylic acids is 2. The lowest BCUT2D eigenvalue weighted by Crippen LogP contribution is -2.45. The molecule has 124 valence electrons. The van der Waals surface area contributed by atoms with Crippen LogP contribution >= 0.6 is 0 Å². The van der Waals surface area contributed by atoms with E-state index in [-0.39, 0.29) is 17.4 Å². The highest BCUT2D eigenvalue weighted by atomic mass is 19.1. The number of halogens is 1. The van der Waals surface area contributed by atoms with Gasteiger partial charge >= 0.3 is 0 Å². The van der Waals surface area contributed by atoms with Crippen molar-refractivity contribution in [2.75, 3.05) is 49.1 Å². The van der Waals surface area contributed by atoms with E-state index in [1.807, 2.05) is 16.7 Å². The fourth-order valence-corrected chi connectivity index (χ4v) is 3.36. The molecule has 23 heavy (non-hydrogen) atoms. The summed E-state index contributed by atoms with van der Waals surface area (Å²) >= 11 is 0. The molecule has 2 aliphatic rings. The standard InChI is InChI=1S/C17H22FN3O2/c1-3-20-10-13(11(2)22)17(23)12-8-14(18)16(9-15(12)20)21-6-4-19-5-7-21/h8-9,13,19H,3-7,10H2,1-2H3. The highest BCUT2D eigenvalue weighted by molar-refractivity contribution is 6.15. The van der Waals surface area contributed by atoms with Gasteiger partial charge in [-0.25, -0.2) is 4.39 Å². The van der Waals surface area contributed by atoms with Crippen LogP contribution in [-0.2, 0) is 4.79 Å². The summed E-state index contributed by atoms with van der Waals surface area (Å²) in [6, 6.07) is 3.08. The number of rotatable bonds is 3. The van der Waals surface area contributed by atoms with E-state index >= 15 is 0 Å². The van der Waals surface area contributed by atoms with Gasteiger partial charge in [0.25, 0.3) is 0 Å². The summed E-state index contributed by atoms with van der Waals surface area (Å²) in [7, 11) is 0. The van der Waals surface area contributed by atoms with Crippen LogP contribution in [0.4, 0.5) is 15.8 Å². The van der Waals surface area contributed by atoms with Crippen molar-refractivity contribution < 1.29 is 14.0 Å². The molecule has 1 N–H and O–H groups in total. The summed E-state index contributed by atoms with van der Waals surface area (Å²) in [5, 5.41) is 3.25. The third-order valence-electron chi connectivity index (χ3n) is 4.72. The van der Waals surface area contributed by atoms with E-state index in [9.17, 15) is 14.0 Å². The van der Waals surface area contributed by atoms with Gasteiger partial charge in [-0.3, -0.25) is 9.59 Å². The molecule has 2 heterocycles. The fourth-order valence-electron chi connectivity index (χ4n) is 3.36. The van der Waals surface area contributed by atoms with E-state index in [0.717, 1.165) is 31.9 Å². The Kier molecular flexibility index (Phi) is 4.35. The molecule has 6 heteroatoms. The van der Waals surface area contributed by atoms with Gasteiger partial charge in [0.2, 0.25) is 0 Å². The van der Waals surface area contributed by atoms with Gasteiger partial charge in [-0.2, -0.15) is 0 Å². The number of piperazine rings is 1. The van der Waals surface area contributed by atoms with Crippen molar-refractivity contribution >= 4 is 22.9 Å². The Morgan fingerprint density at radius 1 is 1.30 bits per heavy atom. The quantitative estimate of drug-likeness (QED) is 0.855. The van der Waals surface area contributed by atoms with E-state index in [4.69, 9.17) is 0 Å². The third-order valence-corrected chi connectivity index (χ3v) is 4.72. The Labute approximate surface area is 135 Å². The van der Waals surface area contributed by atoms with Crippen molar-refractivity contribution in [2.24, 2.45) is 5.92 Å². The fraction of sp³-hybridized carbons (Fsp3) is 0.529. The highest BCUT2D eigenvalue weighted by Crippen LogP contribution is 2.35. The zero-order valence-electron chi connectivity index (χ0n) is 13.6. The van der Waals surface area contributed by atoms with E-state index in [1.54, 1.807) is 6.07 Å². The average Bonchev–Trinajstić information content (AvgIpc) is 2.55. The Hall–Kier alpha value is -1.95. The van der Waals surface area contributed by atoms with Gasteiger partial charge in [-0.15, -0.1) is 0 Å². The van der Waals surface area contributed by atoms with Gasteiger partial charge in [-0.1, -0.05) is 0 Å². The van der Waals surface area contributed by atoms with Gasteiger partial charge in [0.05, 0.1) is 11.6 Å². The van der Waals surface area contributed by atoms with Gasteiger partial charge in [0, 0.05) is 50.5 Å². The number of ketones is 2. The number of anilines is 2. The lowest BCUT2D eigenvalue weighted by atomic mass is 9.88. The molecule has 3 rings (SSSR count). The predicted molar refractivity (Wildman–Crippen MR) is 87.9 cm³/mol. The molecule has 1 atom stereocenters. The van der Waals surface area contributed by atoms with Gasteiger partial charge in [0.15, 0.2) is 5.78 Å². The molecule has 0 radical (unpaired) electrons. The molecule has 0 saturated carbocycles. The topological polar surface area (TPSA) is 52.7 Å². The summed E-state index contributed by atoms with van der Waals surface area (Å²) in [4.78, 5) is 28.2. The van der Waals surface area contributed by atoms with Crippen LogP contribution in [0, 0.1) is 11.7 Å². The van der Waals surface area contributed by atoms with Crippen molar-refractivity contribution in [3.05, 3.63) is 23.5 Å². The van der Waals surface area contributed by atoms with E-state index in [0.29, 0.717) is 24.3 Å². The van der Waals surface area contributed by atoms with Crippen LogP contribution in [0.2, 0.25) is 0 Å². The van der Waals surface area contributed by atoms with Crippen molar-refractivity contribution in [3.8, 4) is 0 Å². The number of hydrogen-bond acceptors (Lipinski definition) is 5. The first-order valence-electron chi connectivity index (χ1n) is 8.11. The smallest absolute Gasteiger partial charge is 0.177 e. The minimum Gasteiger partial charge on any atom is -0.370 e. The lowest BCUT2D eigenvalue weighted by Gasteiger charge is -2.36. The molecule has 5 nitrogen and oxygen atoms in total. The number of fused-ring (bicyclic) bond motifs is 1. The van der Waals surface area contributed by atoms with Crippen LogP contribution in [0.3, 0.4) is 0 Å². The number of hydrogen-bond donors (Lipinski definition) is 1. The molecule has 1 fully saturated rings. The Balaban J connectivity index is 2.04. The monoisotopic (exact) mass is 319 g/mol. The highest BCUT2D eigenvalue weighted by Gasteiger charge is 2.35. The number of nitrogens with zero attached hydrogens (tertiary/aromatic N) is 2. The van der Waals surface area contributed by atoms with Crippen LogP contribution in [0.15, 0.2) is 12.1 Å². The summed E-state index contributed by atoms with van der Waals surface area (Å²) < 4.78 is 14.6. The Morgan fingerprint density at radius 3 is 2.61 bits per heavy atom. The van der Waals surface area contributed by atoms with Gasteiger partial charge in [-0.05, 0) is 26.0 Å². The molecule has 2 aliphatic heterocycles. The second-order valence-corrected chi connectivity index (χ2v) is 6.12. The maximum Gasteiger partial charge on any atom is 0.177 e. The predicted octanol–water partition coefficient (Wildman–Crippen LogP) is 1.46. The normalized spacial score (nSPS) is 21.3. The Bertz CT molecular complexity index is 641. The maximum atomic E-state index is 14.6. The summed E-state index contributed by atoms with van der Waals surface area (Å²) in [5.74, 6) is -1.50. The maximum absolute atomic E-state index is 14.6. The molecule has 1 aromatic rings. The molecule has 0 aromatic heterocycles. The number of nitrogens with one attached hydrogen (secondary N) is 1. The molecular weight excluding hydrogens is 297 g/mol. The first-order chi connectivity index (χ1) is 11.0. The summed E-state index contributed by atoms with van der Waals surface area (Å²) in [6.07, 6.45) is 0. The molecular formula is C17H22FN3O2. The van der Waals surface area contributed by atoms with Crippen molar-refractivity contribution in [1.29, 1.82) is 0 Å². The first kappa shape index (κ1) is 15.9. The molecule has 0 spiro atoms. The van der Waals surface area contributed by atoms with Gasteiger partial charge < -0.3 is 15.1 Å². The number of Topliss-reactive ketones (excluding diaryl/α,β-unsaturated/α-hetero) is 2. The summed E-state index contributed by atoms with van der Waals surface area (Å²) in [5.41, 5.74) is 1.61. The number of benzene rings is 1. The minimum atomic E-state index is -0.688. The van der Waals surface area contributed by atoms with Crippen LogP contribution < -0.4 is 15.1 Å². The third kappa shape index (κ3) is 2.83. The van der Waals surface area contributed by atoms with Gasteiger partial charge in [0.1, 0.15) is 11.6 Å². The van der Waals surface area contributed by atoms with E-state index < -0.39 is 5.92 Å².